The standard InChI is InChI=1S/C19H30O3Si/c1-19(2,3)23(5,6)22-15-17(14-18(20)21-4)13-12-16-10-8-7-9-11-16/h10,14H,7-9,11,15H2,1-6H3/b17-14+. The molecule has 0 atom stereocenters. The molecule has 4 heteroatoms. The lowest BCUT2D eigenvalue weighted by atomic mass is 10.00. The molecule has 3 nitrogen and oxygen atoms in total. The molecule has 1 aliphatic carbocycles. The molecule has 0 aromatic carbocycles. The molecule has 0 aromatic heterocycles. The lowest BCUT2D eigenvalue weighted by molar-refractivity contribution is -0.134. The summed E-state index contributed by atoms with van der Waals surface area (Å²) in [7, 11) is -0.496. The van der Waals surface area contributed by atoms with Crippen LogP contribution < -0.4 is 0 Å². The molecule has 0 heterocycles. The van der Waals surface area contributed by atoms with Crippen LogP contribution in [0, 0.1) is 11.8 Å². The fourth-order valence-corrected chi connectivity index (χ4v) is 2.85. The maximum Gasteiger partial charge on any atom is 0.331 e. The van der Waals surface area contributed by atoms with Crippen molar-refractivity contribution in [2.45, 2.75) is 64.6 Å². The second-order valence-electron chi connectivity index (χ2n) is 7.47. The highest BCUT2D eigenvalue weighted by molar-refractivity contribution is 6.74. The van der Waals surface area contributed by atoms with Gasteiger partial charge in [-0.2, -0.15) is 0 Å². The first kappa shape index (κ1) is 19.7. The fraction of sp³-hybridized carbons (Fsp3) is 0.632. The Morgan fingerprint density at radius 1 is 1.35 bits per heavy atom. The smallest absolute Gasteiger partial charge is 0.331 e. The summed E-state index contributed by atoms with van der Waals surface area (Å²) in [5.74, 6) is 5.93. The maximum atomic E-state index is 11.6. The van der Waals surface area contributed by atoms with E-state index in [-0.39, 0.29) is 11.0 Å². The first-order valence-corrected chi connectivity index (χ1v) is 11.2. The summed E-state index contributed by atoms with van der Waals surface area (Å²) in [6, 6.07) is 0. The summed E-state index contributed by atoms with van der Waals surface area (Å²) in [4.78, 5) is 11.6. The number of carbonyl (C=O) groups is 1. The molecule has 0 aromatic rings. The number of carbonyl (C=O) groups excluding carboxylic acids is 1. The van der Waals surface area contributed by atoms with Crippen LogP contribution in [0.25, 0.3) is 0 Å². The summed E-state index contributed by atoms with van der Waals surface area (Å²) >= 11 is 0. The van der Waals surface area contributed by atoms with Gasteiger partial charge in [0.1, 0.15) is 0 Å². The van der Waals surface area contributed by atoms with E-state index in [1.54, 1.807) is 0 Å². The van der Waals surface area contributed by atoms with Gasteiger partial charge >= 0.3 is 5.97 Å². The van der Waals surface area contributed by atoms with E-state index in [0.717, 1.165) is 12.8 Å². The molecule has 0 amide bonds. The van der Waals surface area contributed by atoms with E-state index in [1.165, 1.54) is 31.6 Å². The van der Waals surface area contributed by atoms with Crippen molar-refractivity contribution in [1.82, 2.24) is 0 Å². The van der Waals surface area contributed by atoms with Gasteiger partial charge in [-0.3, -0.25) is 0 Å². The summed E-state index contributed by atoms with van der Waals surface area (Å²) in [5, 5.41) is 0.128. The fourth-order valence-electron chi connectivity index (χ4n) is 1.90. The minimum atomic E-state index is -1.87. The van der Waals surface area contributed by atoms with E-state index in [9.17, 15) is 4.79 Å². The quantitative estimate of drug-likeness (QED) is 0.326. The van der Waals surface area contributed by atoms with E-state index in [1.807, 2.05) is 0 Å². The van der Waals surface area contributed by atoms with Gasteiger partial charge < -0.3 is 9.16 Å². The second-order valence-corrected chi connectivity index (χ2v) is 12.3. The monoisotopic (exact) mass is 334 g/mol. The first-order valence-electron chi connectivity index (χ1n) is 8.29. The summed E-state index contributed by atoms with van der Waals surface area (Å²) in [6.45, 7) is 11.3. The Bertz CT molecular complexity index is 539. The third-order valence-electron chi connectivity index (χ3n) is 4.56. The van der Waals surface area contributed by atoms with Crippen molar-refractivity contribution < 1.29 is 14.0 Å². The highest BCUT2D eigenvalue weighted by atomic mass is 28.4. The number of ether oxygens (including phenoxy) is 1. The van der Waals surface area contributed by atoms with Gasteiger partial charge in [0.15, 0.2) is 8.32 Å². The zero-order valence-corrected chi connectivity index (χ0v) is 16.4. The normalized spacial score (nSPS) is 16.3. The van der Waals surface area contributed by atoms with Crippen LogP contribution in [0.2, 0.25) is 18.1 Å². The van der Waals surface area contributed by atoms with E-state index in [2.05, 4.69) is 51.8 Å². The SMILES string of the molecule is COC(=O)/C=C(\C#CC1=CCCCC1)CO[Si](C)(C)C(C)(C)C. The Morgan fingerprint density at radius 2 is 2.04 bits per heavy atom. The zero-order valence-electron chi connectivity index (χ0n) is 15.4. The van der Waals surface area contributed by atoms with Gasteiger partial charge in [0, 0.05) is 11.6 Å². The molecule has 1 aliphatic rings. The Labute approximate surface area is 142 Å². The number of rotatable bonds is 4. The van der Waals surface area contributed by atoms with Crippen LogP contribution in [0.4, 0.5) is 0 Å². The zero-order chi connectivity index (χ0) is 17.5. The molecule has 0 N–H and O–H groups in total. The molecule has 0 spiro atoms. The van der Waals surface area contributed by atoms with E-state index in [0.29, 0.717) is 12.2 Å². The minimum Gasteiger partial charge on any atom is -0.466 e. The van der Waals surface area contributed by atoms with Crippen molar-refractivity contribution in [2.24, 2.45) is 0 Å². The molecular weight excluding hydrogens is 304 g/mol. The molecule has 0 saturated heterocycles. The lowest BCUT2D eigenvalue weighted by Gasteiger charge is -2.36. The third-order valence-corrected chi connectivity index (χ3v) is 9.04. The van der Waals surface area contributed by atoms with Crippen LogP contribution in [0.5, 0.6) is 0 Å². The van der Waals surface area contributed by atoms with E-state index >= 15 is 0 Å². The summed E-state index contributed by atoms with van der Waals surface area (Å²) in [5.41, 5.74) is 1.85. The molecule has 128 valence electrons. The van der Waals surface area contributed by atoms with Crippen LogP contribution in [-0.2, 0) is 14.0 Å². The van der Waals surface area contributed by atoms with Crippen molar-refractivity contribution in [2.75, 3.05) is 13.7 Å². The van der Waals surface area contributed by atoms with Crippen LogP contribution in [-0.4, -0.2) is 28.0 Å². The second kappa shape index (κ2) is 8.51. The number of methoxy groups -OCH3 is 1. The van der Waals surface area contributed by atoms with Gasteiger partial charge in [0.2, 0.25) is 0 Å². The van der Waals surface area contributed by atoms with E-state index in [4.69, 9.17) is 9.16 Å². The highest BCUT2D eigenvalue weighted by Gasteiger charge is 2.37. The van der Waals surface area contributed by atoms with Gasteiger partial charge in [0.05, 0.1) is 13.7 Å². The third kappa shape index (κ3) is 6.76. The minimum absolute atomic E-state index is 0.128. The first-order chi connectivity index (χ1) is 10.7. The van der Waals surface area contributed by atoms with Crippen molar-refractivity contribution in [3.05, 3.63) is 23.3 Å². The topological polar surface area (TPSA) is 35.5 Å². The van der Waals surface area contributed by atoms with Crippen molar-refractivity contribution in [3.8, 4) is 11.8 Å². The Morgan fingerprint density at radius 3 is 2.57 bits per heavy atom. The predicted molar refractivity (Wildman–Crippen MR) is 97.6 cm³/mol. The van der Waals surface area contributed by atoms with Gasteiger partial charge in [-0.1, -0.05) is 38.7 Å². The predicted octanol–water partition coefficient (Wildman–Crippen LogP) is 4.61. The molecule has 0 radical (unpaired) electrons. The average Bonchev–Trinajstić information content (AvgIpc) is 2.49. The molecule has 0 bridgehead atoms. The molecule has 0 unspecified atom stereocenters. The number of allylic oxidation sites excluding steroid dienone is 2. The molecule has 0 saturated carbocycles. The molecular formula is C19H30O3Si. The van der Waals surface area contributed by atoms with E-state index < -0.39 is 8.32 Å². The molecule has 0 aliphatic heterocycles. The van der Waals surface area contributed by atoms with Crippen molar-refractivity contribution >= 4 is 14.3 Å². The summed E-state index contributed by atoms with van der Waals surface area (Å²) < 4.78 is 10.9. The summed E-state index contributed by atoms with van der Waals surface area (Å²) in [6.07, 6.45) is 8.20. The van der Waals surface area contributed by atoms with Gasteiger partial charge in [-0.05, 0) is 49.4 Å². The largest absolute Gasteiger partial charge is 0.466 e. The Hall–Kier alpha value is -1.31. The average molecular weight is 335 g/mol. The van der Waals surface area contributed by atoms with Gasteiger partial charge in [0.25, 0.3) is 0 Å². The van der Waals surface area contributed by atoms with Crippen LogP contribution in [0.1, 0.15) is 46.5 Å². The number of hydrogen-bond acceptors (Lipinski definition) is 3. The maximum absolute atomic E-state index is 11.6. The van der Waals surface area contributed by atoms with Gasteiger partial charge in [-0.15, -0.1) is 0 Å². The van der Waals surface area contributed by atoms with Crippen molar-refractivity contribution in [3.63, 3.8) is 0 Å². The molecule has 1 rings (SSSR count). The lowest BCUT2D eigenvalue weighted by Crippen LogP contribution is -2.41. The van der Waals surface area contributed by atoms with Crippen LogP contribution in [0.15, 0.2) is 23.3 Å². The van der Waals surface area contributed by atoms with Crippen LogP contribution >= 0.6 is 0 Å². The number of esters is 1. The Kier molecular flexibility index (Phi) is 7.30. The van der Waals surface area contributed by atoms with Gasteiger partial charge in [-0.25, -0.2) is 4.79 Å². The Balaban J connectivity index is 2.86. The molecule has 0 fully saturated rings. The molecule has 23 heavy (non-hydrogen) atoms. The number of hydrogen-bond donors (Lipinski definition) is 0. The highest BCUT2D eigenvalue weighted by Crippen LogP contribution is 2.36. The van der Waals surface area contributed by atoms with Crippen LogP contribution in [0.3, 0.4) is 0 Å². The van der Waals surface area contributed by atoms with Crippen molar-refractivity contribution in [1.29, 1.82) is 0 Å².